The highest BCUT2D eigenvalue weighted by Crippen LogP contribution is 2.36. The van der Waals surface area contributed by atoms with Gasteiger partial charge in [0.2, 0.25) is 0 Å². The fraction of sp³-hybridized carbons (Fsp3) is 0.600. The fourth-order valence-corrected chi connectivity index (χ4v) is 2.83. The van der Waals surface area contributed by atoms with Crippen LogP contribution < -0.4 is 19.7 Å². The van der Waals surface area contributed by atoms with Gasteiger partial charge >= 0.3 is 0 Å². The summed E-state index contributed by atoms with van der Waals surface area (Å²) in [6.07, 6.45) is 1.14. The Morgan fingerprint density at radius 1 is 1.11 bits per heavy atom. The van der Waals surface area contributed by atoms with E-state index in [0.29, 0.717) is 13.2 Å². The van der Waals surface area contributed by atoms with Crippen molar-refractivity contribution >= 4 is 5.69 Å². The molecule has 1 saturated heterocycles. The Labute approximate surface area is 114 Å². The Bertz CT molecular complexity index is 459. The molecule has 19 heavy (non-hydrogen) atoms. The number of benzene rings is 1. The molecule has 0 spiro atoms. The Balaban J connectivity index is 1.91. The molecule has 0 amide bonds. The summed E-state index contributed by atoms with van der Waals surface area (Å²) in [5.41, 5.74) is 1.38. The molecule has 0 aromatic heterocycles. The zero-order valence-corrected chi connectivity index (χ0v) is 11.7. The lowest BCUT2D eigenvalue weighted by atomic mass is 9.97. The average Bonchev–Trinajstić information content (AvgIpc) is 2.59. The highest BCUT2D eigenvalue weighted by Gasteiger charge is 2.29. The second-order valence-corrected chi connectivity index (χ2v) is 5.79. The van der Waals surface area contributed by atoms with E-state index in [-0.39, 0.29) is 5.54 Å². The van der Waals surface area contributed by atoms with Gasteiger partial charge in [-0.25, -0.2) is 0 Å². The van der Waals surface area contributed by atoms with Crippen LogP contribution in [0.15, 0.2) is 18.2 Å². The Morgan fingerprint density at radius 3 is 2.74 bits per heavy atom. The van der Waals surface area contributed by atoms with Crippen LogP contribution in [-0.2, 0) is 0 Å². The molecule has 2 heterocycles. The third-order valence-corrected chi connectivity index (χ3v) is 3.99. The summed E-state index contributed by atoms with van der Waals surface area (Å²) in [6, 6.07) is 6.28. The number of rotatable bonds is 1. The highest BCUT2D eigenvalue weighted by atomic mass is 16.6. The van der Waals surface area contributed by atoms with Crippen LogP contribution in [-0.4, -0.2) is 38.4 Å². The van der Waals surface area contributed by atoms with Crippen LogP contribution in [0.2, 0.25) is 0 Å². The lowest BCUT2D eigenvalue weighted by Gasteiger charge is -2.39. The molecule has 0 bridgehead atoms. The van der Waals surface area contributed by atoms with Crippen molar-refractivity contribution in [1.82, 2.24) is 5.32 Å². The van der Waals surface area contributed by atoms with Gasteiger partial charge in [0.1, 0.15) is 13.2 Å². The second-order valence-electron chi connectivity index (χ2n) is 5.79. The number of nitrogens with one attached hydrogen (secondary N) is 1. The molecule has 0 saturated carbocycles. The zero-order valence-electron chi connectivity index (χ0n) is 11.7. The van der Waals surface area contributed by atoms with Crippen molar-refractivity contribution < 1.29 is 9.47 Å². The molecule has 4 nitrogen and oxygen atoms in total. The van der Waals surface area contributed by atoms with E-state index in [1.54, 1.807) is 0 Å². The van der Waals surface area contributed by atoms with Crippen LogP contribution in [0.5, 0.6) is 11.5 Å². The Hall–Kier alpha value is -1.42. The van der Waals surface area contributed by atoms with Gasteiger partial charge in [0, 0.05) is 30.4 Å². The van der Waals surface area contributed by atoms with E-state index in [4.69, 9.17) is 9.47 Å². The van der Waals surface area contributed by atoms with Crippen molar-refractivity contribution in [1.29, 1.82) is 0 Å². The summed E-state index contributed by atoms with van der Waals surface area (Å²) in [7, 11) is 0. The summed E-state index contributed by atoms with van der Waals surface area (Å²) in [6.45, 7) is 9.01. The molecule has 1 aromatic carbocycles. The van der Waals surface area contributed by atoms with Crippen molar-refractivity contribution in [2.45, 2.75) is 25.8 Å². The molecule has 2 aliphatic heterocycles. The minimum Gasteiger partial charge on any atom is -0.486 e. The molecule has 0 atom stereocenters. The van der Waals surface area contributed by atoms with Crippen LogP contribution in [0, 0.1) is 0 Å². The van der Waals surface area contributed by atoms with Crippen LogP contribution >= 0.6 is 0 Å². The molecular weight excluding hydrogens is 240 g/mol. The lowest BCUT2D eigenvalue weighted by Crippen LogP contribution is -2.44. The van der Waals surface area contributed by atoms with Gasteiger partial charge in [-0.05, 0) is 38.9 Å². The minimum absolute atomic E-state index is 0.160. The third kappa shape index (κ3) is 2.50. The quantitative estimate of drug-likeness (QED) is 0.839. The summed E-state index contributed by atoms with van der Waals surface area (Å²) in [5.74, 6) is 1.73. The lowest BCUT2D eigenvalue weighted by molar-refractivity contribution is 0.171. The Morgan fingerprint density at radius 2 is 1.89 bits per heavy atom. The molecule has 0 aliphatic carbocycles. The summed E-state index contributed by atoms with van der Waals surface area (Å²) in [5, 5.41) is 3.47. The minimum atomic E-state index is 0.160. The SMILES string of the molecule is CC1(C)CCNCCN1c1ccc2c(c1)OCCO2. The largest absolute Gasteiger partial charge is 0.486 e. The van der Waals surface area contributed by atoms with Crippen LogP contribution in [0.3, 0.4) is 0 Å². The molecular formula is C15H22N2O2. The number of nitrogens with zero attached hydrogens (tertiary/aromatic N) is 1. The monoisotopic (exact) mass is 262 g/mol. The smallest absolute Gasteiger partial charge is 0.163 e. The first-order valence-electron chi connectivity index (χ1n) is 7.05. The number of ether oxygens (including phenoxy) is 2. The predicted molar refractivity (Wildman–Crippen MR) is 76.3 cm³/mol. The summed E-state index contributed by atoms with van der Waals surface area (Å²) in [4.78, 5) is 2.46. The van der Waals surface area contributed by atoms with E-state index in [2.05, 4.69) is 36.2 Å². The highest BCUT2D eigenvalue weighted by molar-refractivity contribution is 5.58. The van der Waals surface area contributed by atoms with Gasteiger partial charge in [0.25, 0.3) is 0 Å². The molecule has 2 aliphatic rings. The molecule has 0 radical (unpaired) electrons. The van der Waals surface area contributed by atoms with Crippen LogP contribution in [0.1, 0.15) is 20.3 Å². The molecule has 4 heteroatoms. The van der Waals surface area contributed by atoms with E-state index >= 15 is 0 Å². The van der Waals surface area contributed by atoms with Crippen LogP contribution in [0.25, 0.3) is 0 Å². The van der Waals surface area contributed by atoms with Gasteiger partial charge in [-0.15, -0.1) is 0 Å². The average molecular weight is 262 g/mol. The van der Waals surface area contributed by atoms with Gasteiger partial charge in [0.15, 0.2) is 11.5 Å². The van der Waals surface area contributed by atoms with E-state index < -0.39 is 0 Å². The molecule has 1 aromatic rings. The molecule has 0 unspecified atom stereocenters. The fourth-order valence-electron chi connectivity index (χ4n) is 2.83. The summed E-state index contributed by atoms with van der Waals surface area (Å²) >= 11 is 0. The topological polar surface area (TPSA) is 33.7 Å². The third-order valence-electron chi connectivity index (χ3n) is 3.99. The molecule has 3 rings (SSSR count). The van der Waals surface area contributed by atoms with E-state index in [1.165, 1.54) is 5.69 Å². The first-order valence-corrected chi connectivity index (χ1v) is 7.05. The van der Waals surface area contributed by atoms with Crippen molar-refractivity contribution in [2.75, 3.05) is 37.7 Å². The van der Waals surface area contributed by atoms with E-state index in [9.17, 15) is 0 Å². The van der Waals surface area contributed by atoms with Gasteiger partial charge < -0.3 is 19.7 Å². The number of fused-ring (bicyclic) bond motifs is 1. The van der Waals surface area contributed by atoms with Crippen molar-refractivity contribution in [2.24, 2.45) is 0 Å². The van der Waals surface area contributed by atoms with Crippen molar-refractivity contribution in [3.63, 3.8) is 0 Å². The summed E-state index contributed by atoms with van der Waals surface area (Å²) < 4.78 is 11.3. The van der Waals surface area contributed by atoms with Gasteiger partial charge in [-0.1, -0.05) is 0 Å². The van der Waals surface area contributed by atoms with Gasteiger partial charge in [0.05, 0.1) is 0 Å². The number of hydrogen-bond acceptors (Lipinski definition) is 4. The van der Waals surface area contributed by atoms with Gasteiger partial charge in [-0.2, -0.15) is 0 Å². The first-order chi connectivity index (χ1) is 9.17. The van der Waals surface area contributed by atoms with Crippen LogP contribution in [0.4, 0.5) is 5.69 Å². The van der Waals surface area contributed by atoms with Crippen molar-refractivity contribution in [3.05, 3.63) is 18.2 Å². The maximum atomic E-state index is 5.69. The van der Waals surface area contributed by atoms with E-state index in [1.807, 2.05) is 6.07 Å². The predicted octanol–water partition coefficient (Wildman–Crippen LogP) is 2.04. The standard InChI is InChI=1S/C15H22N2O2/c1-15(2)5-6-16-7-8-17(15)12-3-4-13-14(11-12)19-10-9-18-13/h3-4,11,16H,5-10H2,1-2H3. The maximum absolute atomic E-state index is 5.69. The number of hydrogen-bond donors (Lipinski definition) is 1. The van der Waals surface area contributed by atoms with Gasteiger partial charge in [-0.3, -0.25) is 0 Å². The zero-order chi connectivity index (χ0) is 13.3. The van der Waals surface area contributed by atoms with Crippen molar-refractivity contribution in [3.8, 4) is 11.5 Å². The first kappa shape index (κ1) is 12.6. The van der Waals surface area contributed by atoms with E-state index in [0.717, 1.165) is 37.6 Å². The second kappa shape index (κ2) is 4.93. The number of anilines is 1. The molecule has 1 fully saturated rings. The maximum Gasteiger partial charge on any atom is 0.163 e. The molecule has 104 valence electrons. The normalized spacial score (nSPS) is 21.9. The Kier molecular flexibility index (Phi) is 3.27. The molecule has 1 N–H and O–H groups in total.